The van der Waals surface area contributed by atoms with E-state index in [1.54, 1.807) is 0 Å². The first-order valence-electron chi connectivity index (χ1n) is 11.3. The second-order valence-electron chi connectivity index (χ2n) is 8.91. The predicted molar refractivity (Wildman–Crippen MR) is 131 cm³/mol. The first-order valence-corrected chi connectivity index (χ1v) is 11.3. The van der Waals surface area contributed by atoms with E-state index in [-0.39, 0.29) is 0 Å². The lowest BCUT2D eigenvalue weighted by Gasteiger charge is -2.13. The van der Waals surface area contributed by atoms with Gasteiger partial charge in [-0.3, -0.25) is 4.99 Å². The lowest BCUT2D eigenvalue weighted by molar-refractivity contribution is 0.745. The Morgan fingerprint density at radius 3 is 2.47 bits per heavy atom. The van der Waals surface area contributed by atoms with Crippen LogP contribution in [0, 0.1) is 6.92 Å². The summed E-state index contributed by atoms with van der Waals surface area (Å²) < 4.78 is 2.44. The minimum Gasteiger partial charge on any atom is -0.342 e. The molecule has 1 fully saturated rings. The van der Waals surface area contributed by atoms with Gasteiger partial charge in [0.25, 0.3) is 0 Å². The lowest BCUT2D eigenvalue weighted by Crippen LogP contribution is -2.18. The van der Waals surface area contributed by atoms with Crippen LogP contribution >= 0.6 is 0 Å². The number of para-hydroxylation sites is 1. The summed E-state index contributed by atoms with van der Waals surface area (Å²) in [7, 11) is 0. The number of aromatic nitrogens is 2. The normalized spacial score (nSPS) is 15.8. The summed E-state index contributed by atoms with van der Waals surface area (Å²) in [6.07, 6.45) is 2.50. The molecule has 4 heteroatoms. The maximum atomic E-state index is 4.99. The van der Waals surface area contributed by atoms with Gasteiger partial charge in [-0.05, 0) is 48.1 Å². The van der Waals surface area contributed by atoms with E-state index in [0.717, 1.165) is 29.2 Å². The maximum Gasteiger partial charge on any atom is 0.133 e. The standard InChI is InChI=1S/C28H26N4/c1-18-6-5-9-25-26(18)32(28(31-25)22-14-15-22)17-20-10-12-21(13-11-20)23-7-3-4-8-24(23)27-29-16-19(2)30-27/h3-13,22H,2,14-17H2,1H3,(H,29,30). The van der Waals surface area contributed by atoms with Crippen molar-refractivity contribution in [3.8, 4) is 11.1 Å². The van der Waals surface area contributed by atoms with Gasteiger partial charge in [-0.15, -0.1) is 0 Å². The van der Waals surface area contributed by atoms with Gasteiger partial charge in [0.15, 0.2) is 0 Å². The van der Waals surface area contributed by atoms with E-state index in [4.69, 9.17) is 4.98 Å². The average molecular weight is 419 g/mol. The van der Waals surface area contributed by atoms with Crippen LogP contribution in [-0.4, -0.2) is 21.9 Å². The topological polar surface area (TPSA) is 42.2 Å². The number of rotatable bonds is 5. The second-order valence-corrected chi connectivity index (χ2v) is 8.91. The Morgan fingerprint density at radius 2 is 1.75 bits per heavy atom. The Balaban J connectivity index is 1.34. The van der Waals surface area contributed by atoms with Crippen LogP contribution < -0.4 is 5.32 Å². The number of aliphatic imine (C=N–C) groups is 1. The van der Waals surface area contributed by atoms with Crippen molar-refractivity contribution in [2.75, 3.05) is 6.54 Å². The third-order valence-electron chi connectivity index (χ3n) is 6.45. The first-order chi connectivity index (χ1) is 15.7. The monoisotopic (exact) mass is 418 g/mol. The van der Waals surface area contributed by atoms with Crippen molar-refractivity contribution in [1.82, 2.24) is 14.9 Å². The molecule has 0 atom stereocenters. The Labute approximate surface area is 188 Å². The molecule has 4 nitrogen and oxygen atoms in total. The number of amidine groups is 1. The molecule has 158 valence electrons. The third-order valence-corrected chi connectivity index (χ3v) is 6.45. The van der Waals surface area contributed by atoms with Crippen LogP contribution in [0.3, 0.4) is 0 Å². The van der Waals surface area contributed by atoms with Crippen LogP contribution in [0.15, 0.2) is 84.0 Å². The molecule has 1 saturated carbocycles. The Bertz CT molecular complexity index is 1370. The number of nitrogens with zero attached hydrogens (tertiary/aromatic N) is 3. The molecule has 2 heterocycles. The molecule has 1 N–H and O–H groups in total. The quantitative estimate of drug-likeness (QED) is 0.445. The number of aryl methyl sites for hydroxylation is 1. The molecule has 0 spiro atoms. The zero-order chi connectivity index (χ0) is 21.7. The average Bonchev–Trinajstić information content (AvgIpc) is 3.46. The molecule has 0 bridgehead atoms. The predicted octanol–water partition coefficient (Wildman–Crippen LogP) is 5.80. The minimum absolute atomic E-state index is 0.613. The van der Waals surface area contributed by atoms with E-state index in [1.807, 2.05) is 0 Å². The molecule has 2 aliphatic rings. The molecule has 0 radical (unpaired) electrons. The fourth-order valence-electron chi connectivity index (χ4n) is 4.68. The van der Waals surface area contributed by atoms with Crippen molar-refractivity contribution in [1.29, 1.82) is 0 Å². The van der Waals surface area contributed by atoms with Gasteiger partial charge in [-0.25, -0.2) is 4.98 Å². The van der Waals surface area contributed by atoms with Crippen LogP contribution in [0.2, 0.25) is 0 Å². The molecule has 6 rings (SSSR count). The van der Waals surface area contributed by atoms with Crippen molar-refractivity contribution in [2.24, 2.45) is 4.99 Å². The van der Waals surface area contributed by atoms with E-state index in [0.29, 0.717) is 12.5 Å². The molecule has 1 aliphatic carbocycles. The molecular formula is C28H26N4. The number of imidazole rings is 1. The summed E-state index contributed by atoms with van der Waals surface area (Å²) >= 11 is 0. The summed E-state index contributed by atoms with van der Waals surface area (Å²) in [5.74, 6) is 2.76. The number of nitrogens with one attached hydrogen (secondary N) is 1. The van der Waals surface area contributed by atoms with Gasteiger partial charge in [0.1, 0.15) is 11.7 Å². The number of hydrogen-bond donors (Lipinski definition) is 1. The zero-order valence-electron chi connectivity index (χ0n) is 18.3. The number of fused-ring (bicyclic) bond motifs is 1. The van der Waals surface area contributed by atoms with Crippen LogP contribution in [0.5, 0.6) is 0 Å². The zero-order valence-corrected chi connectivity index (χ0v) is 18.3. The van der Waals surface area contributed by atoms with Crippen LogP contribution in [0.4, 0.5) is 0 Å². The van der Waals surface area contributed by atoms with Gasteiger partial charge >= 0.3 is 0 Å². The largest absolute Gasteiger partial charge is 0.342 e. The summed E-state index contributed by atoms with van der Waals surface area (Å²) in [5.41, 5.74) is 9.41. The van der Waals surface area contributed by atoms with Gasteiger partial charge in [-0.1, -0.05) is 67.2 Å². The molecule has 3 aromatic carbocycles. The molecule has 4 aromatic rings. The molecule has 1 aliphatic heterocycles. The van der Waals surface area contributed by atoms with Crippen molar-refractivity contribution >= 4 is 16.9 Å². The van der Waals surface area contributed by atoms with E-state index in [1.165, 1.54) is 46.4 Å². The smallest absolute Gasteiger partial charge is 0.133 e. The number of benzene rings is 3. The van der Waals surface area contributed by atoms with Crippen LogP contribution in [-0.2, 0) is 6.54 Å². The first kappa shape index (κ1) is 19.1. The molecule has 0 saturated heterocycles. The lowest BCUT2D eigenvalue weighted by atomic mass is 9.98. The van der Waals surface area contributed by atoms with Gasteiger partial charge in [0.2, 0.25) is 0 Å². The highest BCUT2D eigenvalue weighted by Crippen LogP contribution is 2.41. The third kappa shape index (κ3) is 3.32. The van der Waals surface area contributed by atoms with E-state index >= 15 is 0 Å². The summed E-state index contributed by atoms with van der Waals surface area (Å²) in [4.78, 5) is 9.60. The van der Waals surface area contributed by atoms with Gasteiger partial charge in [0.05, 0.1) is 17.6 Å². The van der Waals surface area contributed by atoms with Crippen LogP contribution in [0.25, 0.3) is 22.2 Å². The fourth-order valence-corrected chi connectivity index (χ4v) is 4.68. The van der Waals surface area contributed by atoms with Gasteiger partial charge in [-0.2, -0.15) is 0 Å². The number of hydrogen-bond acceptors (Lipinski definition) is 3. The highest BCUT2D eigenvalue weighted by molar-refractivity contribution is 6.06. The Hall–Kier alpha value is -3.66. The summed E-state index contributed by atoms with van der Waals surface area (Å²) in [5, 5.41) is 3.31. The van der Waals surface area contributed by atoms with E-state index in [9.17, 15) is 0 Å². The molecule has 0 unspecified atom stereocenters. The summed E-state index contributed by atoms with van der Waals surface area (Å²) in [6.45, 7) is 7.68. The molecule has 32 heavy (non-hydrogen) atoms. The Kier molecular flexibility index (Phi) is 4.46. The Morgan fingerprint density at radius 1 is 0.969 bits per heavy atom. The van der Waals surface area contributed by atoms with Crippen LogP contribution in [0.1, 0.15) is 41.3 Å². The van der Waals surface area contributed by atoms with Crippen molar-refractivity contribution in [2.45, 2.75) is 32.2 Å². The van der Waals surface area contributed by atoms with Crippen molar-refractivity contribution < 1.29 is 0 Å². The molecule has 1 aromatic heterocycles. The highest BCUT2D eigenvalue weighted by atomic mass is 15.1. The minimum atomic E-state index is 0.613. The van der Waals surface area contributed by atoms with Gasteiger partial charge < -0.3 is 9.88 Å². The van der Waals surface area contributed by atoms with E-state index < -0.39 is 0 Å². The second kappa shape index (κ2) is 7.49. The molecular weight excluding hydrogens is 392 g/mol. The highest BCUT2D eigenvalue weighted by Gasteiger charge is 2.30. The summed E-state index contributed by atoms with van der Waals surface area (Å²) in [6, 6.07) is 23.8. The SMILES string of the molecule is C=C1CN=C(c2ccccc2-c2ccc(Cn3c(C4CC4)nc4cccc(C)c43)cc2)N1. The van der Waals surface area contributed by atoms with Crippen molar-refractivity contribution in [3.63, 3.8) is 0 Å². The molecule has 0 amide bonds. The fraction of sp³-hybridized carbons (Fsp3) is 0.214. The van der Waals surface area contributed by atoms with Gasteiger partial charge in [0, 0.05) is 23.7 Å². The van der Waals surface area contributed by atoms with Crippen molar-refractivity contribution in [3.05, 3.63) is 102 Å². The van der Waals surface area contributed by atoms with E-state index in [2.05, 4.69) is 95.1 Å². The maximum absolute atomic E-state index is 4.99.